The lowest BCUT2D eigenvalue weighted by molar-refractivity contribution is 0.525. The summed E-state index contributed by atoms with van der Waals surface area (Å²) >= 11 is 12.1. The first kappa shape index (κ1) is 11.4. The monoisotopic (exact) mass is 283 g/mol. The highest BCUT2D eigenvalue weighted by atomic mass is 35.5. The van der Waals surface area contributed by atoms with E-state index in [2.05, 4.69) is 15.2 Å². The second-order valence-electron chi connectivity index (χ2n) is 3.85. The number of halogens is 2. The van der Waals surface area contributed by atoms with Gasteiger partial charge >= 0.3 is 5.76 Å². The van der Waals surface area contributed by atoms with Crippen LogP contribution in [0.3, 0.4) is 0 Å². The van der Waals surface area contributed by atoms with Crippen molar-refractivity contribution in [3.63, 3.8) is 0 Å². The van der Waals surface area contributed by atoms with Gasteiger partial charge in [-0.2, -0.15) is 0 Å². The van der Waals surface area contributed by atoms with E-state index in [0.717, 1.165) is 16.5 Å². The van der Waals surface area contributed by atoms with Gasteiger partial charge in [0.1, 0.15) is 5.69 Å². The molecule has 1 aromatic carbocycles. The lowest BCUT2D eigenvalue weighted by Crippen LogP contribution is -1.93. The quantitative estimate of drug-likeness (QED) is 0.720. The molecule has 7 heteroatoms. The molecule has 2 heterocycles. The molecule has 2 N–H and O–H groups in total. The van der Waals surface area contributed by atoms with Crippen LogP contribution in [0.5, 0.6) is 0 Å². The number of aryl methyl sites for hydroxylation is 1. The van der Waals surface area contributed by atoms with Gasteiger partial charge in [0.2, 0.25) is 0 Å². The molecular formula is C11H7Cl2N3O2. The van der Waals surface area contributed by atoms with Crippen molar-refractivity contribution in [2.24, 2.45) is 0 Å². The fraction of sp³-hybridized carbons (Fsp3) is 0.0909. The maximum absolute atomic E-state index is 11.0. The molecule has 2 aromatic heterocycles. The molecule has 0 aliphatic rings. The SMILES string of the molecule is Cc1c(-c2n[nH]c(=O)o2)[nH]c2c(Cl)cc(Cl)cc12. The van der Waals surface area contributed by atoms with Crippen LogP contribution in [-0.2, 0) is 0 Å². The molecule has 0 radical (unpaired) electrons. The zero-order valence-electron chi connectivity index (χ0n) is 9.17. The predicted molar refractivity (Wildman–Crippen MR) is 69.2 cm³/mol. The Kier molecular flexibility index (Phi) is 2.46. The Hall–Kier alpha value is -1.72. The van der Waals surface area contributed by atoms with Crippen molar-refractivity contribution in [3.8, 4) is 11.6 Å². The molecule has 0 unspecified atom stereocenters. The third kappa shape index (κ3) is 1.63. The van der Waals surface area contributed by atoms with Crippen molar-refractivity contribution >= 4 is 34.1 Å². The Morgan fingerprint density at radius 2 is 2.11 bits per heavy atom. The average Bonchev–Trinajstić information content (AvgIpc) is 2.85. The van der Waals surface area contributed by atoms with Crippen LogP contribution in [0.15, 0.2) is 21.3 Å². The van der Waals surface area contributed by atoms with Gasteiger partial charge in [-0.15, -0.1) is 5.10 Å². The van der Waals surface area contributed by atoms with Crippen LogP contribution in [0.4, 0.5) is 0 Å². The molecule has 3 aromatic rings. The number of fused-ring (bicyclic) bond motifs is 1. The second kappa shape index (κ2) is 3.90. The van der Waals surface area contributed by atoms with Crippen LogP contribution in [0.2, 0.25) is 10.0 Å². The van der Waals surface area contributed by atoms with E-state index < -0.39 is 5.76 Å². The molecule has 18 heavy (non-hydrogen) atoms. The van der Waals surface area contributed by atoms with Gasteiger partial charge in [0.15, 0.2) is 0 Å². The van der Waals surface area contributed by atoms with Crippen LogP contribution in [0.25, 0.3) is 22.5 Å². The fourth-order valence-electron chi connectivity index (χ4n) is 1.90. The van der Waals surface area contributed by atoms with Crippen molar-refractivity contribution in [2.75, 3.05) is 0 Å². The number of benzene rings is 1. The molecule has 92 valence electrons. The van der Waals surface area contributed by atoms with Gasteiger partial charge in [-0.05, 0) is 24.6 Å². The largest absolute Gasteiger partial charge is 0.434 e. The molecule has 0 aliphatic carbocycles. The average molecular weight is 284 g/mol. The molecule has 0 saturated heterocycles. The van der Waals surface area contributed by atoms with Crippen molar-refractivity contribution < 1.29 is 4.42 Å². The van der Waals surface area contributed by atoms with E-state index in [-0.39, 0.29) is 5.89 Å². The molecule has 0 atom stereocenters. The number of hydrogen-bond donors (Lipinski definition) is 2. The Bertz CT molecular complexity index is 800. The van der Waals surface area contributed by atoms with Crippen molar-refractivity contribution in [3.05, 3.63) is 38.3 Å². The predicted octanol–water partition coefficient (Wildman–Crippen LogP) is 3.13. The van der Waals surface area contributed by atoms with E-state index in [0.29, 0.717) is 15.7 Å². The molecule has 0 bridgehead atoms. The molecule has 5 nitrogen and oxygen atoms in total. The maximum atomic E-state index is 11.0. The van der Waals surface area contributed by atoms with E-state index in [1.165, 1.54) is 0 Å². The third-order valence-corrected chi connectivity index (χ3v) is 3.25. The smallest absolute Gasteiger partial charge is 0.386 e. The van der Waals surface area contributed by atoms with Gasteiger partial charge in [-0.1, -0.05) is 23.2 Å². The van der Waals surface area contributed by atoms with Crippen LogP contribution in [0.1, 0.15) is 5.56 Å². The van der Waals surface area contributed by atoms with Gasteiger partial charge < -0.3 is 9.40 Å². The summed E-state index contributed by atoms with van der Waals surface area (Å²) in [7, 11) is 0. The number of aromatic amines is 2. The van der Waals surface area contributed by atoms with Crippen LogP contribution < -0.4 is 5.76 Å². The summed E-state index contributed by atoms with van der Waals surface area (Å²) in [6.45, 7) is 1.87. The second-order valence-corrected chi connectivity index (χ2v) is 4.70. The van der Waals surface area contributed by atoms with Crippen molar-refractivity contribution in [1.29, 1.82) is 0 Å². The molecule has 0 aliphatic heterocycles. The lowest BCUT2D eigenvalue weighted by Gasteiger charge is -1.95. The first-order chi connectivity index (χ1) is 8.56. The molecule has 0 spiro atoms. The first-order valence-electron chi connectivity index (χ1n) is 5.09. The minimum absolute atomic E-state index is 0.195. The van der Waals surface area contributed by atoms with Crippen molar-refractivity contribution in [1.82, 2.24) is 15.2 Å². The summed E-state index contributed by atoms with van der Waals surface area (Å²) in [5.41, 5.74) is 2.20. The highest BCUT2D eigenvalue weighted by molar-refractivity contribution is 6.38. The topological polar surface area (TPSA) is 74.7 Å². The van der Waals surface area contributed by atoms with Crippen LogP contribution in [-0.4, -0.2) is 15.2 Å². The number of rotatable bonds is 1. The fourth-order valence-corrected chi connectivity index (χ4v) is 2.44. The minimum Gasteiger partial charge on any atom is -0.386 e. The van der Waals surface area contributed by atoms with Gasteiger partial charge in [-0.3, -0.25) is 0 Å². The van der Waals surface area contributed by atoms with Gasteiger partial charge in [0, 0.05) is 10.4 Å². The number of nitrogens with zero attached hydrogens (tertiary/aromatic N) is 1. The van der Waals surface area contributed by atoms with E-state index in [1.54, 1.807) is 12.1 Å². The first-order valence-corrected chi connectivity index (χ1v) is 5.85. The van der Waals surface area contributed by atoms with Gasteiger partial charge in [0.25, 0.3) is 5.89 Å². The molecular weight excluding hydrogens is 277 g/mol. The third-order valence-electron chi connectivity index (χ3n) is 2.74. The van der Waals surface area contributed by atoms with Crippen LogP contribution in [0, 0.1) is 6.92 Å². The lowest BCUT2D eigenvalue weighted by atomic mass is 10.1. The standard InChI is InChI=1S/C11H7Cl2N3O2/c1-4-6-2-5(12)3-7(13)9(6)14-8(4)10-15-16-11(17)18-10/h2-3,14H,1H3,(H,16,17). The normalized spacial score (nSPS) is 11.3. The summed E-state index contributed by atoms with van der Waals surface area (Å²) in [5, 5.41) is 7.92. The van der Waals surface area contributed by atoms with E-state index in [9.17, 15) is 4.79 Å². The Morgan fingerprint density at radius 1 is 1.33 bits per heavy atom. The minimum atomic E-state index is -0.604. The summed E-state index contributed by atoms with van der Waals surface area (Å²) < 4.78 is 4.92. The maximum Gasteiger partial charge on any atom is 0.434 e. The number of nitrogens with one attached hydrogen (secondary N) is 2. The van der Waals surface area contributed by atoms with E-state index in [4.69, 9.17) is 27.6 Å². The highest BCUT2D eigenvalue weighted by Gasteiger charge is 2.16. The zero-order valence-corrected chi connectivity index (χ0v) is 10.7. The Balaban J connectivity index is 2.35. The van der Waals surface area contributed by atoms with Gasteiger partial charge in [-0.25, -0.2) is 9.89 Å². The summed E-state index contributed by atoms with van der Waals surface area (Å²) in [6, 6.07) is 3.44. The number of hydrogen-bond acceptors (Lipinski definition) is 3. The van der Waals surface area contributed by atoms with Gasteiger partial charge in [0.05, 0.1) is 10.5 Å². The van der Waals surface area contributed by atoms with E-state index >= 15 is 0 Å². The summed E-state index contributed by atoms with van der Waals surface area (Å²) in [5.74, 6) is -0.409. The van der Waals surface area contributed by atoms with Crippen molar-refractivity contribution in [2.45, 2.75) is 6.92 Å². The van der Waals surface area contributed by atoms with Crippen LogP contribution >= 0.6 is 23.2 Å². The Morgan fingerprint density at radius 3 is 2.78 bits per heavy atom. The Labute approximate surface area is 111 Å². The highest BCUT2D eigenvalue weighted by Crippen LogP contribution is 2.34. The molecule has 0 amide bonds. The van der Waals surface area contributed by atoms with E-state index in [1.807, 2.05) is 6.92 Å². The molecule has 3 rings (SSSR count). The summed E-state index contributed by atoms with van der Waals surface area (Å²) in [4.78, 5) is 14.0. The molecule has 0 saturated carbocycles. The molecule has 0 fully saturated rings. The summed E-state index contributed by atoms with van der Waals surface area (Å²) in [6.07, 6.45) is 0. The number of aromatic nitrogens is 3. The zero-order chi connectivity index (χ0) is 12.9. The number of H-pyrrole nitrogens is 2.